The van der Waals surface area contributed by atoms with Gasteiger partial charge in [0, 0.05) is 0 Å². The third-order valence-corrected chi connectivity index (χ3v) is 0.998. The van der Waals surface area contributed by atoms with E-state index >= 15 is 0 Å². The maximum Gasteiger partial charge on any atom is 0.0576 e. The van der Waals surface area contributed by atoms with E-state index in [0.29, 0.717) is 0 Å². The van der Waals surface area contributed by atoms with E-state index in [0.717, 1.165) is 11.4 Å². The van der Waals surface area contributed by atoms with E-state index < -0.39 is 0 Å². The maximum atomic E-state index is 3.66. The second kappa shape index (κ2) is 3.13. The molecule has 0 saturated heterocycles. The summed E-state index contributed by atoms with van der Waals surface area (Å²) in [5, 5.41) is 0. The first-order valence-corrected chi connectivity index (χ1v) is 2.33. The standard InChI is InChI=1S/C6H10N2/c1-5(7-3)6(2)8-4/h3-4H2,1-2H3/b6-5-. The fourth-order valence-corrected chi connectivity index (χ4v) is 0.229. The van der Waals surface area contributed by atoms with Gasteiger partial charge < -0.3 is 0 Å². The second-order valence-electron chi connectivity index (χ2n) is 1.49. The van der Waals surface area contributed by atoms with Gasteiger partial charge >= 0.3 is 0 Å². The molecule has 0 heterocycles. The molecule has 44 valence electrons. The van der Waals surface area contributed by atoms with E-state index in [4.69, 9.17) is 0 Å². The molecule has 0 bridgehead atoms. The van der Waals surface area contributed by atoms with Crippen LogP contribution in [0.15, 0.2) is 21.4 Å². The number of nitrogens with zero attached hydrogens (tertiary/aromatic N) is 2. The quantitative estimate of drug-likeness (QED) is 0.483. The zero-order chi connectivity index (χ0) is 6.57. The molecule has 0 aromatic rings. The summed E-state index contributed by atoms with van der Waals surface area (Å²) in [5.74, 6) is 0. The SMILES string of the molecule is C=N/C(C)=C(/C)N=C. The number of rotatable bonds is 2. The first-order chi connectivity index (χ1) is 3.72. The first kappa shape index (κ1) is 7.08. The number of aliphatic imine (C=N–C) groups is 2. The van der Waals surface area contributed by atoms with Crippen LogP contribution >= 0.6 is 0 Å². The van der Waals surface area contributed by atoms with Gasteiger partial charge in [-0.05, 0) is 27.3 Å². The van der Waals surface area contributed by atoms with Gasteiger partial charge in [-0.2, -0.15) is 0 Å². The van der Waals surface area contributed by atoms with Gasteiger partial charge in [0.2, 0.25) is 0 Å². The highest BCUT2D eigenvalue weighted by atomic mass is 14.8. The average molecular weight is 110 g/mol. The van der Waals surface area contributed by atoms with Crippen molar-refractivity contribution in [1.29, 1.82) is 0 Å². The summed E-state index contributed by atoms with van der Waals surface area (Å²) >= 11 is 0. The van der Waals surface area contributed by atoms with Gasteiger partial charge in [-0.1, -0.05) is 0 Å². The Morgan fingerprint density at radius 2 is 1.25 bits per heavy atom. The van der Waals surface area contributed by atoms with Crippen molar-refractivity contribution in [2.45, 2.75) is 13.8 Å². The smallest absolute Gasteiger partial charge is 0.0576 e. The predicted molar refractivity (Wildman–Crippen MR) is 37.5 cm³/mol. The van der Waals surface area contributed by atoms with Crippen LogP contribution in [0.3, 0.4) is 0 Å². The lowest BCUT2D eigenvalue weighted by atomic mass is 10.4. The van der Waals surface area contributed by atoms with Crippen molar-refractivity contribution in [2.75, 3.05) is 0 Å². The fraction of sp³-hybridized carbons (Fsp3) is 0.333. The predicted octanol–water partition coefficient (Wildman–Crippen LogP) is 1.64. The van der Waals surface area contributed by atoms with Crippen LogP contribution in [0.2, 0.25) is 0 Å². The van der Waals surface area contributed by atoms with Crippen LogP contribution in [-0.4, -0.2) is 13.4 Å². The van der Waals surface area contributed by atoms with Crippen molar-refractivity contribution < 1.29 is 0 Å². The molecule has 0 aliphatic rings. The molecule has 2 nitrogen and oxygen atoms in total. The van der Waals surface area contributed by atoms with Gasteiger partial charge in [0.05, 0.1) is 11.4 Å². The Labute approximate surface area is 49.7 Å². The molecular formula is C6H10N2. The average Bonchev–Trinajstić information content (AvgIpc) is 1.84. The number of allylic oxidation sites excluding steroid dienone is 2. The first-order valence-electron chi connectivity index (χ1n) is 2.33. The lowest BCUT2D eigenvalue weighted by Gasteiger charge is -1.91. The molecule has 0 aliphatic heterocycles. The van der Waals surface area contributed by atoms with Crippen molar-refractivity contribution in [3.8, 4) is 0 Å². The molecular weight excluding hydrogens is 100 g/mol. The molecule has 0 aliphatic carbocycles. The van der Waals surface area contributed by atoms with Crippen molar-refractivity contribution >= 4 is 13.4 Å². The monoisotopic (exact) mass is 110 g/mol. The molecule has 8 heavy (non-hydrogen) atoms. The summed E-state index contributed by atoms with van der Waals surface area (Å²) in [6.07, 6.45) is 0. The Morgan fingerprint density at radius 1 is 1.00 bits per heavy atom. The summed E-state index contributed by atoms with van der Waals surface area (Å²) in [4.78, 5) is 7.31. The van der Waals surface area contributed by atoms with Crippen LogP contribution in [-0.2, 0) is 0 Å². The summed E-state index contributed by atoms with van der Waals surface area (Å²) in [7, 11) is 0. The zero-order valence-electron chi connectivity index (χ0n) is 5.31. The van der Waals surface area contributed by atoms with E-state index in [2.05, 4.69) is 23.4 Å². The maximum absolute atomic E-state index is 3.66. The molecule has 0 atom stereocenters. The van der Waals surface area contributed by atoms with Gasteiger partial charge in [-0.25, -0.2) is 0 Å². The third kappa shape index (κ3) is 1.69. The third-order valence-electron chi connectivity index (χ3n) is 0.998. The summed E-state index contributed by atoms with van der Waals surface area (Å²) in [5.41, 5.74) is 1.67. The Balaban J connectivity index is 4.25. The largest absolute Gasteiger partial charge is 0.267 e. The lowest BCUT2D eigenvalue weighted by Crippen LogP contribution is -1.72. The van der Waals surface area contributed by atoms with Crippen LogP contribution in [0.5, 0.6) is 0 Å². The normalized spacial score (nSPS) is 12.2. The van der Waals surface area contributed by atoms with E-state index in [1.165, 1.54) is 0 Å². The molecule has 0 aromatic heterocycles. The van der Waals surface area contributed by atoms with E-state index in [9.17, 15) is 0 Å². The Bertz CT molecular complexity index is 117. The van der Waals surface area contributed by atoms with Crippen LogP contribution in [0.4, 0.5) is 0 Å². The van der Waals surface area contributed by atoms with E-state index in [-0.39, 0.29) is 0 Å². The fourth-order valence-electron chi connectivity index (χ4n) is 0.229. The molecule has 0 amide bonds. The molecule has 0 aromatic carbocycles. The van der Waals surface area contributed by atoms with Gasteiger partial charge in [0.15, 0.2) is 0 Å². The van der Waals surface area contributed by atoms with Crippen LogP contribution in [0, 0.1) is 0 Å². The zero-order valence-corrected chi connectivity index (χ0v) is 5.31. The Kier molecular flexibility index (Phi) is 2.77. The summed E-state index contributed by atoms with van der Waals surface area (Å²) in [6, 6.07) is 0. The van der Waals surface area contributed by atoms with Crippen molar-refractivity contribution in [1.82, 2.24) is 0 Å². The summed E-state index contributed by atoms with van der Waals surface area (Å²) < 4.78 is 0. The molecule has 0 rings (SSSR count). The van der Waals surface area contributed by atoms with E-state index in [1.54, 1.807) is 0 Å². The van der Waals surface area contributed by atoms with Gasteiger partial charge in [-0.3, -0.25) is 9.98 Å². The molecule has 0 spiro atoms. The molecule has 0 fully saturated rings. The second-order valence-corrected chi connectivity index (χ2v) is 1.49. The van der Waals surface area contributed by atoms with Crippen LogP contribution in [0.1, 0.15) is 13.8 Å². The van der Waals surface area contributed by atoms with Crippen LogP contribution in [0.25, 0.3) is 0 Å². The molecule has 2 heteroatoms. The minimum Gasteiger partial charge on any atom is -0.267 e. The summed E-state index contributed by atoms with van der Waals surface area (Å²) in [6.45, 7) is 10.4. The number of hydrogen-bond acceptors (Lipinski definition) is 2. The van der Waals surface area contributed by atoms with Crippen molar-refractivity contribution in [3.63, 3.8) is 0 Å². The highest BCUT2D eigenvalue weighted by molar-refractivity contribution is 5.33. The van der Waals surface area contributed by atoms with Gasteiger partial charge in [0.25, 0.3) is 0 Å². The van der Waals surface area contributed by atoms with Crippen LogP contribution < -0.4 is 0 Å². The molecule has 0 saturated carbocycles. The molecule has 0 radical (unpaired) electrons. The Hall–Kier alpha value is -0.920. The van der Waals surface area contributed by atoms with Crippen molar-refractivity contribution in [2.24, 2.45) is 9.98 Å². The van der Waals surface area contributed by atoms with E-state index in [1.807, 2.05) is 13.8 Å². The molecule has 0 N–H and O–H groups in total. The minimum absolute atomic E-state index is 0.833. The minimum atomic E-state index is 0.833. The van der Waals surface area contributed by atoms with Gasteiger partial charge in [-0.15, -0.1) is 0 Å². The highest BCUT2D eigenvalue weighted by Crippen LogP contribution is 2.02. The highest BCUT2D eigenvalue weighted by Gasteiger charge is 1.85. The number of hydrogen-bond donors (Lipinski definition) is 0. The topological polar surface area (TPSA) is 24.7 Å². The molecule has 0 unspecified atom stereocenters. The van der Waals surface area contributed by atoms with Crippen molar-refractivity contribution in [3.05, 3.63) is 11.4 Å². The van der Waals surface area contributed by atoms with Gasteiger partial charge in [0.1, 0.15) is 0 Å². The Morgan fingerprint density at radius 3 is 1.38 bits per heavy atom. The lowest BCUT2D eigenvalue weighted by molar-refractivity contribution is 1.17.